The van der Waals surface area contributed by atoms with Gasteiger partial charge in [-0.05, 0) is 47.9 Å². The largest absolute Gasteiger partial charge is 0.342 e. The number of halogens is 1. The normalized spacial score (nSPS) is 11.2. The number of nitrogens with zero attached hydrogens (tertiary/aromatic N) is 3. The van der Waals surface area contributed by atoms with Gasteiger partial charge in [0.15, 0.2) is 0 Å². The van der Waals surface area contributed by atoms with Crippen LogP contribution < -0.4 is 5.32 Å². The highest BCUT2D eigenvalue weighted by Gasteiger charge is 2.20. The zero-order valence-electron chi connectivity index (χ0n) is 17.4. The molecule has 3 aromatic carbocycles. The summed E-state index contributed by atoms with van der Waals surface area (Å²) in [5, 5.41) is 21.0. The van der Waals surface area contributed by atoms with Crippen LogP contribution in [0.15, 0.2) is 79.0 Å². The number of carbonyl (C=O) groups is 1. The van der Waals surface area contributed by atoms with Crippen molar-refractivity contribution in [3.05, 3.63) is 113 Å². The van der Waals surface area contributed by atoms with Gasteiger partial charge in [0, 0.05) is 5.56 Å². The number of aromatic nitrogens is 2. The van der Waals surface area contributed by atoms with E-state index >= 15 is 0 Å². The lowest BCUT2D eigenvalue weighted by atomic mass is 10.0. The number of benzene rings is 3. The summed E-state index contributed by atoms with van der Waals surface area (Å²) in [4.78, 5) is 20.7. The van der Waals surface area contributed by atoms with Crippen LogP contribution in [-0.4, -0.2) is 15.9 Å². The van der Waals surface area contributed by atoms with Gasteiger partial charge in [0.25, 0.3) is 5.91 Å². The molecule has 0 bridgehead atoms. The first-order valence-corrected chi connectivity index (χ1v) is 10.2. The number of aromatic amines is 1. The first-order valence-electron chi connectivity index (χ1n) is 10.2. The van der Waals surface area contributed by atoms with E-state index < -0.39 is 17.8 Å². The molecule has 1 unspecified atom stereocenters. The Morgan fingerprint density at radius 3 is 2.48 bits per heavy atom. The number of hydrogen-bond donors (Lipinski definition) is 2. The van der Waals surface area contributed by atoms with Crippen LogP contribution >= 0.6 is 0 Å². The first-order chi connectivity index (χ1) is 16.1. The zero-order chi connectivity index (χ0) is 23.2. The standard InChI is InChI=1S/C26H18FN5O/c27-22-11-10-20(13-21(22)15-29)26(33)32-23(12-17-4-2-1-3-5-17)25-30-16-24(31-25)19-8-6-18(14-28)7-9-19/h1-11,13,16,23H,12H2,(H,30,31)(H,32,33). The van der Waals surface area contributed by atoms with Crippen molar-refractivity contribution >= 4 is 5.91 Å². The molecule has 4 rings (SSSR count). The molecule has 2 N–H and O–H groups in total. The Morgan fingerprint density at radius 2 is 1.79 bits per heavy atom. The van der Waals surface area contributed by atoms with E-state index in [1.165, 1.54) is 12.1 Å². The Labute approximate surface area is 190 Å². The summed E-state index contributed by atoms with van der Waals surface area (Å²) >= 11 is 0. The maximum absolute atomic E-state index is 13.7. The topological polar surface area (TPSA) is 105 Å². The summed E-state index contributed by atoms with van der Waals surface area (Å²) in [7, 11) is 0. The molecule has 1 atom stereocenters. The number of carbonyl (C=O) groups excluding carboxylic acids is 1. The van der Waals surface area contributed by atoms with Crippen molar-refractivity contribution in [2.75, 3.05) is 0 Å². The maximum atomic E-state index is 13.7. The lowest BCUT2D eigenvalue weighted by Gasteiger charge is -2.17. The number of rotatable bonds is 6. The summed E-state index contributed by atoms with van der Waals surface area (Å²) in [6.07, 6.45) is 2.14. The van der Waals surface area contributed by atoms with Crippen LogP contribution in [0.3, 0.4) is 0 Å². The Kier molecular flexibility index (Phi) is 6.24. The third-order valence-corrected chi connectivity index (χ3v) is 5.19. The molecule has 0 aliphatic carbocycles. The molecule has 0 spiro atoms. The molecule has 7 heteroatoms. The van der Waals surface area contributed by atoms with Gasteiger partial charge in [0.05, 0.1) is 35.1 Å². The third-order valence-electron chi connectivity index (χ3n) is 5.19. The predicted octanol–water partition coefficient (Wildman–Crippen LogP) is 4.67. The van der Waals surface area contributed by atoms with Gasteiger partial charge in [0.1, 0.15) is 17.7 Å². The molecule has 4 aromatic rings. The fourth-order valence-corrected chi connectivity index (χ4v) is 3.44. The first kappa shape index (κ1) is 21.5. The quantitative estimate of drug-likeness (QED) is 0.459. The van der Waals surface area contributed by atoms with Crippen molar-refractivity contribution in [2.45, 2.75) is 12.5 Å². The molecule has 0 aliphatic rings. The minimum Gasteiger partial charge on any atom is -0.342 e. The predicted molar refractivity (Wildman–Crippen MR) is 120 cm³/mol. The Hall–Kier alpha value is -4.75. The number of nitriles is 2. The number of amides is 1. The van der Waals surface area contributed by atoms with Crippen molar-refractivity contribution in [2.24, 2.45) is 0 Å². The van der Waals surface area contributed by atoms with Crippen LogP contribution in [0.2, 0.25) is 0 Å². The molecule has 1 aromatic heterocycles. The van der Waals surface area contributed by atoms with E-state index in [0.717, 1.165) is 22.9 Å². The van der Waals surface area contributed by atoms with Crippen LogP contribution in [0.4, 0.5) is 4.39 Å². The molecule has 0 aliphatic heterocycles. The van der Waals surface area contributed by atoms with Crippen LogP contribution in [0.5, 0.6) is 0 Å². The third kappa shape index (κ3) is 4.95. The molecule has 0 radical (unpaired) electrons. The monoisotopic (exact) mass is 435 g/mol. The van der Waals surface area contributed by atoms with E-state index in [4.69, 9.17) is 10.5 Å². The maximum Gasteiger partial charge on any atom is 0.251 e. The number of hydrogen-bond acceptors (Lipinski definition) is 4. The van der Waals surface area contributed by atoms with Gasteiger partial charge in [-0.1, -0.05) is 42.5 Å². The van der Waals surface area contributed by atoms with Crippen LogP contribution in [0, 0.1) is 28.5 Å². The van der Waals surface area contributed by atoms with Gasteiger partial charge in [-0.3, -0.25) is 4.79 Å². The molecule has 1 heterocycles. The SMILES string of the molecule is N#Cc1ccc(-c2cnc(C(Cc3ccccc3)NC(=O)c3ccc(F)c(C#N)c3)[nH]2)cc1. The molecule has 33 heavy (non-hydrogen) atoms. The number of H-pyrrole nitrogens is 1. The van der Waals surface area contributed by atoms with Crippen molar-refractivity contribution in [1.29, 1.82) is 10.5 Å². The summed E-state index contributed by atoms with van der Waals surface area (Å²) in [5.41, 5.74) is 3.15. The summed E-state index contributed by atoms with van der Waals surface area (Å²) < 4.78 is 13.7. The van der Waals surface area contributed by atoms with Gasteiger partial charge < -0.3 is 10.3 Å². The highest BCUT2D eigenvalue weighted by molar-refractivity contribution is 5.94. The number of nitrogens with one attached hydrogen (secondary N) is 2. The van der Waals surface area contributed by atoms with E-state index in [1.54, 1.807) is 24.4 Å². The minimum atomic E-state index is -0.673. The fraction of sp³-hybridized carbons (Fsp3) is 0.0769. The average molecular weight is 435 g/mol. The van der Waals surface area contributed by atoms with Gasteiger partial charge in [0.2, 0.25) is 0 Å². The molecule has 0 saturated heterocycles. The van der Waals surface area contributed by atoms with Crippen LogP contribution in [-0.2, 0) is 6.42 Å². The molecule has 6 nitrogen and oxygen atoms in total. The molecule has 160 valence electrons. The van der Waals surface area contributed by atoms with E-state index in [9.17, 15) is 9.18 Å². The van der Waals surface area contributed by atoms with E-state index in [2.05, 4.69) is 21.4 Å². The average Bonchev–Trinajstić information content (AvgIpc) is 3.35. The van der Waals surface area contributed by atoms with Gasteiger partial charge in [-0.2, -0.15) is 10.5 Å². The number of imidazole rings is 1. The second kappa shape index (κ2) is 9.59. The highest BCUT2D eigenvalue weighted by atomic mass is 19.1. The van der Waals surface area contributed by atoms with E-state index in [1.807, 2.05) is 42.5 Å². The Balaban J connectivity index is 1.63. The van der Waals surface area contributed by atoms with Gasteiger partial charge in [-0.25, -0.2) is 9.37 Å². The highest BCUT2D eigenvalue weighted by Crippen LogP contribution is 2.23. The van der Waals surface area contributed by atoms with E-state index in [-0.39, 0.29) is 11.1 Å². The second-order valence-corrected chi connectivity index (χ2v) is 7.39. The Bertz CT molecular complexity index is 1360. The zero-order valence-corrected chi connectivity index (χ0v) is 17.4. The fourth-order valence-electron chi connectivity index (χ4n) is 3.44. The van der Waals surface area contributed by atoms with Gasteiger partial charge in [-0.15, -0.1) is 0 Å². The minimum absolute atomic E-state index is 0.185. The summed E-state index contributed by atoms with van der Waals surface area (Å²) in [6, 6.07) is 23.8. The lowest BCUT2D eigenvalue weighted by molar-refractivity contribution is 0.0934. The second-order valence-electron chi connectivity index (χ2n) is 7.39. The molecular formula is C26H18FN5O. The summed E-state index contributed by atoms with van der Waals surface area (Å²) in [5.74, 6) is -0.564. The molecule has 0 fully saturated rings. The van der Waals surface area contributed by atoms with Crippen molar-refractivity contribution in [1.82, 2.24) is 15.3 Å². The molecule has 1 amide bonds. The smallest absolute Gasteiger partial charge is 0.251 e. The summed E-state index contributed by atoms with van der Waals surface area (Å²) in [6.45, 7) is 0. The van der Waals surface area contributed by atoms with Crippen molar-refractivity contribution in [3.8, 4) is 23.4 Å². The van der Waals surface area contributed by atoms with Crippen LogP contribution in [0.25, 0.3) is 11.3 Å². The van der Waals surface area contributed by atoms with Crippen molar-refractivity contribution in [3.63, 3.8) is 0 Å². The van der Waals surface area contributed by atoms with E-state index in [0.29, 0.717) is 17.8 Å². The molecule has 0 saturated carbocycles. The van der Waals surface area contributed by atoms with Gasteiger partial charge >= 0.3 is 0 Å². The Morgan fingerprint density at radius 1 is 1.03 bits per heavy atom. The lowest BCUT2D eigenvalue weighted by Crippen LogP contribution is -2.31. The van der Waals surface area contributed by atoms with Crippen molar-refractivity contribution < 1.29 is 9.18 Å². The van der Waals surface area contributed by atoms with Crippen LogP contribution in [0.1, 0.15) is 38.9 Å². The molecular weight excluding hydrogens is 417 g/mol.